The maximum absolute atomic E-state index is 13.6. The third-order valence-electron chi connectivity index (χ3n) is 5.56. The number of hydrogen-bond donors (Lipinski definition) is 2. The highest BCUT2D eigenvalue weighted by molar-refractivity contribution is 6.08. The molecule has 0 spiro atoms. The number of urea groups is 1. The van der Waals surface area contributed by atoms with E-state index >= 15 is 0 Å². The Labute approximate surface area is 209 Å². The van der Waals surface area contributed by atoms with Crippen LogP contribution in [0.1, 0.15) is 49.9 Å². The average Bonchev–Trinajstić information content (AvgIpc) is 3.04. The van der Waals surface area contributed by atoms with Gasteiger partial charge in [0.1, 0.15) is 5.54 Å². The lowest BCUT2D eigenvalue weighted by molar-refractivity contribution is -0.163. The number of hydrazone groups is 1. The summed E-state index contributed by atoms with van der Waals surface area (Å²) in [6.45, 7) is 4.62. The maximum Gasteiger partial charge on any atom is 0.344 e. The summed E-state index contributed by atoms with van der Waals surface area (Å²) in [5.74, 6) is 3.38. The van der Waals surface area contributed by atoms with Crippen molar-refractivity contribution in [2.45, 2.75) is 38.8 Å². The Bertz CT molecular complexity index is 1110. The van der Waals surface area contributed by atoms with E-state index in [1.165, 1.54) is 13.1 Å². The smallest absolute Gasteiger partial charge is 0.344 e. The van der Waals surface area contributed by atoms with Gasteiger partial charge < -0.3 is 15.9 Å². The molecule has 1 aliphatic heterocycles. The van der Waals surface area contributed by atoms with Crippen molar-refractivity contribution in [1.82, 2.24) is 15.3 Å². The molecular weight excluding hydrogens is 474 g/mol. The Hall–Kier alpha value is -3.92. The molecule has 2 atom stereocenters. The van der Waals surface area contributed by atoms with E-state index in [1.54, 1.807) is 68.4 Å². The second-order valence-electron chi connectivity index (χ2n) is 7.87. The zero-order valence-electron chi connectivity index (χ0n) is 19.6. The fourth-order valence-corrected chi connectivity index (χ4v) is 3.90. The number of carbonyl (C=O) groups excluding carboxylic acids is 4. The number of hydrogen-bond acceptors (Lipinski definition) is 7. The topological polar surface area (TPSA) is 134 Å². The summed E-state index contributed by atoms with van der Waals surface area (Å²) < 4.78 is 5.08. The van der Waals surface area contributed by atoms with Crippen LogP contribution in [-0.2, 0) is 24.7 Å². The van der Waals surface area contributed by atoms with Crippen molar-refractivity contribution in [3.05, 3.63) is 71.3 Å². The van der Waals surface area contributed by atoms with E-state index in [1.807, 2.05) is 0 Å². The van der Waals surface area contributed by atoms with Gasteiger partial charge in [-0.3, -0.25) is 14.4 Å². The van der Waals surface area contributed by atoms with E-state index < -0.39 is 35.4 Å². The van der Waals surface area contributed by atoms with Crippen LogP contribution in [0.2, 0.25) is 0 Å². The molecule has 0 saturated carbocycles. The van der Waals surface area contributed by atoms with Crippen LogP contribution in [0.4, 0.5) is 4.79 Å². The normalized spacial score (nSPS) is 18.1. The van der Waals surface area contributed by atoms with Gasteiger partial charge in [0, 0.05) is 6.92 Å². The molecule has 0 radical (unpaired) electrons. The summed E-state index contributed by atoms with van der Waals surface area (Å²) in [5.41, 5.74) is 0.361. The van der Waals surface area contributed by atoms with E-state index in [9.17, 15) is 19.2 Å². The molecule has 4 amide bonds. The molecule has 0 bridgehead atoms. The molecule has 11 heteroatoms. The fourth-order valence-electron chi connectivity index (χ4n) is 3.90. The number of ether oxygens (including phenoxy) is 1. The van der Waals surface area contributed by atoms with Crippen LogP contribution in [0.25, 0.3) is 0 Å². The van der Waals surface area contributed by atoms with Crippen molar-refractivity contribution in [3.8, 4) is 0 Å². The minimum atomic E-state index is -1.44. The van der Waals surface area contributed by atoms with Gasteiger partial charge in [0.15, 0.2) is 0 Å². The van der Waals surface area contributed by atoms with Gasteiger partial charge >= 0.3 is 12.0 Å². The Morgan fingerprint density at radius 2 is 1.80 bits per heavy atom. The quantitative estimate of drug-likeness (QED) is 0.188. The predicted octanol–water partition coefficient (Wildman–Crippen LogP) is 2.63. The highest BCUT2D eigenvalue weighted by Crippen LogP contribution is 2.34. The Morgan fingerprint density at radius 3 is 2.34 bits per heavy atom. The Kier molecular flexibility index (Phi) is 8.96. The summed E-state index contributed by atoms with van der Waals surface area (Å²) in [5, 5.41) is 7.94. The zero-order valence-corrected chi connectivity index (χ0v) is 20.5. The van der Waals surface area contributed by atoms with Crippen LogP contribution in [0.15, 0.2) is 59.7 Å². The fraction of sp³-hybridized carbons (Fsp3) is 0.292. The van der Waals surface area contributed by atoms with Crippen molar-refractivity contribution >= 4 is 42.4 Å². The van der Waals surface area contributed by atoms with Crippen LogP contribution >= 0.6 is 12.4 Å². The number of benzene rings is 2. The number of halogens is 1. The van der Waals surface area contributed by atoms with Crippen LogP contribution < -0.4 is 11.2 Å². The van der Waals surface area contributed by atoms with Crippen molar-refractivity contribution in [2.75, 3.05) is 6.61 Å². The van der Waals surface area contributed by atoms with Gasteiger partial charge in [-0.15, -0.1) is 12.4 Å². The highest BCUT2D eigenvalue weighted by atomic mass is 35.5. The number of carbonyl (C=O) groups is 4. The lowest BCUT2D eigenvalue weighted by Crippen LogP contribution is -2.52. The zero-order chi connectivity index (χ0) is 24.9. The third kappa shape index (κ3) is 5.60. The van der Waals surface area contributed by atoms with Gasteiger partial charge in [0.2, 0.25) is 5.91 Å². The van der Waals surface area contributed by atoms with Gasteiger partial charge in [-0.05, 0) is 30.5 Å². The van der Waals surface area contributed by atoms with E-state index in [0.29, 0.717) is 16.7 Å². The average molecular weight is 502 g/mol. The molecule has 2 aromatic rings. The first-order valence-corrected chi connectivity index (χ1v) is 10.7. The SMILES string of the molecule is CCOC(=O)C[C@@H](c1ccccc1)N(C(C)=O)N1C(=O)N[C@](C)(c2ccc(C=NN)cc2)C1=O.Cl. The molecule has 1 heterocycles. The number of nitrogens with zero attached hydrogens (tertiary/aromatic N) is 3. The monoisotopic (exact) mass is 501 g/mol. The number of amides is 4. The summed E-state index contributed by atoms with van der Waals surface area (Å²) in [6.07, 6.45) is 1.21. The standard InChI is InChI=1S/C24H27N5O5.ClH/c1-4-34-21(31)14-20(18-8-6-5-7-9-18)28(16(2)30)29-22(32)24(3,27-23(29)33)19-12-10-17(11-13-19)15-26-25;/h5-13,15,20H,4,14,25H2,1-3H3,(H,27,33);1H/t20-,24+;/m0./s1. The Morgan fingerprint density at radius 1 is 1.17 bits per heavy atom. The van der Waals surface area contributed by atoms with Gasteiger partial charge in [-0.25, -0.2) is 9.80 Å². The number of nitrogens with one attached hydrogen (secondary N) is 1. The molecule has 10 nitrogen and oxygen atoms in total. The van der Waals surface area contributed by atoms with Crippen LogP contribution in [-0.4, -0.2) is 46.7 Å². The van der Waals surface area contributed by atoms with Crippen molar-refractivity contribution < 1.29 is 23.9 Å². The lowest BCUT2D eigenvalue weighted by atomic mass is 9.91. The third-order valence-corrected chi connectivity index (χ3v) is 5.56. The van der Waals surface area contributed by atoms with Gasteiger partial charge in [-0.1, -0.05) is 54.6 Å². The summed E-state index contributed by atoms with van der Waals surface area (Å²) >= 11 is 0. The van der Waals surface area contributed by atoms with Gasteiger partial charge in [0.05, 0.1) is 25.3 Å². The molecule has 35 heavy (non-hydrogen) atoms. The molecule has 186 valence electrons. The molecule has 3 rings (SSSR count). The first kappa shape index (κ1) is 27.3. The van der Waals surface area contributed by atoms with Crippen LogP contribution in [0.3, 0.4) is 0 Å². The van der Waals surface area contributed by atoms with E-state index in [-0.39, 0.29) is 25.4 Å². The van der Waals surface area contributed by atoms with E-state index in [2.05, 4.69) is 10.4 Å². The maximum atomic E-state index is 13.6. The molecule has 1 saturated heterocycles. The number of esters is 1. The minimum Gasteiger partial charge on any atom is -0.466 e. The first-order chi connectivity index (χ1) is 16.2. The number of nitrogens with two attached hydrogens (primary N) is 1. The predicted molar refractivity (Wildman–Crippen MR) is 131 cm³/mol. The molecule has 0 aromatic heterocycles. The van der Waals surface area contributed by atoms with Crippen molar-refractivity contribution in [1.29, 1.82) is 0 Å². The van der Waals surface area contributed by atoms with Crippen LogP contribution in [0.5, 0.6) is 0 Å². The summed E-state index contributed by atoms with van der Waals surface area (Å²) in [6, 6.07) is 13.7. The number of imide groups is 1. The van der Waals surface area contributed by atoms with Crippen molar-refractivity contribution in [3.63, 3.8) is 0 Å². The second kappa shape index (κ2) is 11.5. The molecular formula is C24H28ClN5O5. The molecule has 3 N–H and O–H groups in total. The number of hydrazine groups is 1. The molecule has 2 aromatic carbocycles. The lowest BCUT2D eigenvalue weighted by Gasteiger charge is -2.36. The van der Waals surface area contributed by atoms with Crippen LogP contribution in [0, 0.1) is 0 Å². The second-order valence-corrected chi connectivity index (χ2v) is 7.87. The Balaban J connectivity index is 0.00000432. The summed E-state index contributed by atoms with van der Waals surface area (Å²) in [4.78, 5) is 51.9. The van der Waals surface area contributed by atoms with Gasteiger partial charge in [-0.2, -0.15) is 10.1 Å². The molecule has 1 fully saturated rings. The van der Waals surface area contributed by atoms with E-state index in [0.717, 1.165) is 10.0 Å². The molecule has 0 aliphatic carbocycles. The highest BCUT2D eigenvalue weighted by Gasteiger charge is 2.53. The van der Waals surface area contributed by atoms with Crippen molar-refractivity contribution in [2.24, 2.45) is 10.9 Å². The molecule has 0 unspecified atom stereocenters. The first-order valence-electron chi connectivity index (χ1n) is 10.7. The van der Waals surface area contributed by atoms with Gasteiger partial charge in [0.25, 0.3) is 5.91 Å². The largest absolute Gasteiger partial charge is 0.466 e. The molecule has 1 aliphatic rings. The minimum absolute atomic E-state index is 0. The van der Waals surface area contributed by atoms with E-state index in [4.69, 9.17) is 10.6 Å². The number of rotatable bonds is 8. The summed E-state index contributed by atoms with van der Waals surface area (Å²) in [7, 11) is 0.